The molecule has 1 saturated carbocycles. The van der Waals surface area contributed by atoms with Gasteiger partial charge in [0, 0.05) is 18.3 Å². The summed E-state index contributed by atoms with van der Waals surface area (Å²) in [6.07, 6.45) is 5.56. The first kappa shape index (κ1) is 10.8. The van der Waals surface area contributed by atoms with Crippen LogP contribution in [0.25, 0.3) is 0 Å². The van der Waals surface area contributed by atoms with Crippen LogP contribution in [0.3, 0.4) is 0 Å². The van der Waals surface area contributed by atoms with Crippen LogP contribution in [-0.2, 0) is 0 Å². The van der Waals surface area contributed by atoms with Crippen LogP contribution < -0.4 is 5.32 Å². The molecule has 1 aliphatic carbocycles. The lowest BCUT2D eigenvalue weighted by Crippen LogP contribution is -2.29. The summed E-state index contributed by atoms with van der Waals surface area (Å²) >= 11 is 2.12. The zero-order chi connectivity index (χ0) is 9.64. The van der Waals surface area contributed by atoms with Crippen LogP contribution >= 0.6 is 11.8 Å². The van der Waals surface area contributed by atoms with E-state index in [0.29, 0.717) is 0 Å². The molecule has 0 amide bonds. The third-order valence-corrected chi connectivity index (χ3v) is 4.02. The summed E-state index contributed by atoms with van der Waals surface area (Å²) in [7, 11) is 0. The van der Waals surface area contributed by atoms with Crippen molar-refractivity contribution < 1.29 is 0 Å². The van der Waals surface area contributed by atoms with E-state index >= 15 is 0 Å². The second-order valence-corrected chi connectivity index (χ2v) is 5.61. The van der Waals surface area contributed by atoms with E-state index in [0.717, 1.165) is 6.04 Å². The van der Waals surface area contributed by atoms with Crippen LogP contribution in [0.5, 0.6) is 0 Å². The van der Waals surface area contributed by atoms with Gasteiger partial charge in [0.05, 0.1) is 0 Å². The highest BCUT2D eigenvalue weighted by Crippen LogP contribution is 2.18. The molecular weight excluding hydrogens is 192 g/mol. The van der Waals surface area contributed by atoms with E-state index in [1.54, 1.807) is 0 Å². The van der Waals surface area contributed by atoms with Crippen molar-refractivity contribution in [2.24, 2.45) is 0 Å². The maximum atomic E-state index is 3.58. The van der Waals surface area contributed by atoms with Crippen LogP contribution in [0, 0.1) is 0 Å². The predicted molar refractivity (Wildman–Crippen MR) is 64.0 cm³/mol. The molecule has 0 atom stereocenters. The SMILES string of the molecule is C(CNC1CC1)CN1CCCSCC1. The summed E-state index contributed by atoms with van der Waals surface area (Å²) in [5, 5.41) is 3.58. The lowest BCUT2D eigenvalue weighted by molar-refractivity contribution is 0.290. The van der Waals surface area contributed by atoms with Crippen molar-refractivity contribution in [3.05, 3.63) is 0 Å². The van der Waals surface area contributed by atoms with Crippen molar-refractivity contribution in [2.45, 2.75) is 31.7 Å². The Labute approximate surface area is 91.8 Å². The Bertz CT molecular complexity index is 151. The molecule has 2 fully saturated rings. The number of hydrogen-bond acceptors (Lipinski definition) is 3. The molecule has 0 unspecified atom stereocenters. The standard InChI is InChI=1S/C11H22N2S/c1(5-12-11-3-4-11)6-13-7-2-9-14-10-8-13/h11-12H,1-10H2. The van der Waals surface area contributed by atoms with Gasteiger partial charge in [-0.25, -0.2) is 0 Å². The maximum Gasteiger partial charge on any atom is 0.00724 e. The van der Waals surface area contributed by atoms with Crippen molar-refractivity contribution in [3.63, 3.8) is 0 Å². The summed E-state index contributed by atoms with van der Waals surface area (Å²) in [5.41, 5.74) is 0. The van der Waals surface area contributed by atoms with Crippen molar-refractivity contribution in [1.82, 2.24) is 10.2 Å². The van der Waals surface area contributed by atoms with Crippen molar-refractivity contribution in [3.8, 4) is 0 Å². The second kappa shape index (κ2) is 5.99. The minimum atomic E-state index is 0.884. The average molecular weight is 214 g/mol. The Kier molecular flexibility index (Phi) is 4.61. The van der Waals surface area contributed by atoms with Gasteiger partial charge in [-0.15, -0.1) is 0 Å². The van der Waals surface area contributed by atoms with E-state index in [2.05, 4.69) is 22.0 Å². The van der Waals surface area contributed by atoms with Gasteiger partial charge in [0.15, 0.2) is 0 Å². The molecule has 0 aromatic rings. The molecule has 0 bridgehead atoms. The summed E-state index contributed by atoms with van der Waals surface area (Å²) in [4.78, 5) is 2.63. The quantitative estimate of drug-likeness (QED) is 0.699. The van der Waals surface area contributed by atoms with E-state index in [1.165, 1.54) is 63.4 Å². The first-order valence-corrected chi connectivity index (χ1v) is 7.14. The maximum absolute atomic E-state index is 3.58. The fourth-order valence-electron chi connectivity index (χ4n) is 1.92. The van der Waals surface area contributed by atoms with E-state index in [4.69, 9.17) is 0 Å². The molecule has 1 N–H and O–H groups in total. The van der Waals surface area contributed by atoms with Crippen LogP contribution in [0.4, 0.5) is 0 Å². The topological polar surface area (TPSA) is 15.3 Å². The normalized spacial score (nSPS) is 24.9. The lowest BCUT2D eigenvalue weighted by atomic mass is 10.3. The molecule has 14 heavy (non-hydrogen) atoms. The second-order valence-electron chi connectivity index (χ2n) is 4.39. The fourth-order valence-corrected chi connectivity index (χ4v) is 2.84. The van der Waals surface area contributed by atoms with Gasteiger partial charge in [0.1, 0.15) is 0 Å². The third-order valence-electron chi connectivity index (χ3n) is 2.98. The Morgan fingerprint density at radius 1 is 1.21 bits per heavy atom. The monoisotopic (exact) mass is 214 g/mol. The zero-order valence-electron chi connectivity index (χ0n) is 9.00. The van der Waals surface area contributed by atoms with Gasteiger partial charge in [-0.1, -0.05) is 0 Å². The predicted octanol–water partition coefficient (Wildman–Crippen LogP) is 1.57. The third kappa shape index (κ3) is 4.20. The number of nitrogens with one attached hydrogen (secondary N) is 1. The summed E-state index contributed by atoms with van der Waals surface area (Å²) in [5.74, 6) is 2.72. The highest BCUT2D eigenvalue weighted by molar-refractivity contribution is 7.99. The van der Waals surface area contributed by atoms with Crippen molar-refractivity contribution in [1.29, 1.82) is 0 Å². The van der Waals surface area contributed by atoms with Crippen LogP contribution in [0.15, 0.2) is 0 Å². The Morgan fingerprint density at radius 3 is 3.00 bits per heavy atom. The largest absolute Gasteiger partial charge is 0.314 e. The molecule has 1 aliphatic heterocycles. The number of thioether (sulfide) groups is 1. The molecule has 1 heterocycles. The van der Waals surface area contributed by atoms with Crippen molar-refractivity contribution >= 4 is 11.8 Å². The molecule has 2 aliphatic rings. The molecule has 0 aromatic carbocycles. The molecule has 3 heteroatoms. The summed E-state index contributed by atoms with van der Waals surface area (Å²) in [6.45, 7) is 5.18. The summed E-state index contributed by atoms with van der Waals surface area (Å²) in [6, 6.07) is 0.884. The molecular formula is C11H22N2S. The minimum Gasteiger partial charge on any atom is -0.314 e. The molecule has 2 nitrogen and oxygen atoms in total. The van der Waals surface area contributed by atoms with Crippen LogP contribution in [0.2, 0.25) is 0 Å². The number of rotatable bonds is 5. The van der Waals surface area contributed by atoms with Gasteiger partial charge < -0.3 is 10.2 Å². The van der Waals surface area contributed by atoms with Gasteiger partial charge in [-0.3, -0.25) is 0 Å². The lowest BCUT2D eigenvalue weighted by Gasteiger charge is -2.19. The molecule has 0 spiro atoms. The molecule has 2 rings (SSSR count). The smallest absolute Gasteiger partial charge is 0.00724 e. The van der Waals surface area contributed by atoms with E-state index in [9.17, 15) is 0 Å². The fraction of sp³-hybridized carbons (Fsp3) is 1.00. The zero-order valence-corrected chi connectivity index (χ0v) is 9.82. The number of hydrogen-bond donors (Lipinski definition) is 1. The Hall–Kier alpha value is 0.270. The van der Waals surface area contributed by atoms with Crippen LogP contribution in [0.1, 0.15) is 25.7 Å². The molecule has 0 aromatic heterocycles. The first-order chi connectivity index (χ1) is 6.95. The highest BCUT2D eigenvalue weighted by Gasteiger charge is 2.19. The van der Waals surface area contributed by atoms with Gasteiger partial charge in [-0.2, -0.15) is 11.8 Å². The highest BCUT2D eigenvalue weighted by atomic mass is 32.2. The van der Waals surface area contributed by atoms with E-state index in [1.807, 2.05) is 0 Å². The first-order valence-electron chi connectivity index (χ1n) is 5.98. The van der Waals surface area contributed by atoms with Crippen LogP contribution in [-0.4, -0.2) is 48.6 Å². The molecule has 82 valence electrons. The number of nitrogens with zero attached hydrogens (tertiary/aromatic N) is 1. The van der Waals surface area contributed by atoms with Crippen molar-refractivity contribution in [2.75, 3.05) is 37.7 Å². The Balaban J connectivity index is 1.49. The van der Waals surface area contributed by atoms with Gasteiger partial charge in [0.2, 0.25) is 0 Å². The van der Waals surface area contributed by atoms with Gasteiger partial charge in [-0.05, 0) is 51.1 Å². The van der Waals surface area contributed by atoms with E-state index < -0.39 is 0 Å². The van der Waals surface area contributed by atoms with Gasteiger partial charge in [0.25, 0.3) is 0 Å². The Morgan fingerprint density at radius 2 is 2.14 bits per heavy atom. The average Bonchev–Trinajstić information content (AvgIpc) is 3.01. The van der Waals surface area contributed by atoms with Gasteiger partial charge >= 0.3 is 0 Å². The van der Waals surface area contributed by atoms with E-state index in [-0.39, 0.29) is 0 Å². The summed E-state index contributed by atoms with van der Waals surface area (Å²) < 4.78 is 0. The molecule has 1 saturated heterocycles. The molecule has 0 radical (unpaired) electrons. The minimum absolute atomic E-state index is 0.884.